The summed E-state index contributed by atoms with van der Waals surface area (Å²) in [4.78, 5) is 29.0. The third kappa shape index (κ3) is 3.64. The molecule has 2 aliphatic heterocycles. The molecule has 2 heterocycles. The van der Waals surface area contributed by atoms with Gasteiger partial charge in [-0.15, -0.1) is 0 Å². The number of para-hydroxylation sites is 1. The molecule has 1 saturated heterocycles. The summed E-state index contributed by atoms with van der Waals surface area (Å²) in [5.74, 6) is -0.0966. The molecule has 7 nitrogen and oxygen atoms in total. The Morgan fingerprint density at radius 3 is 2.55 bits per heavy atom. The van der Waals surface area contributed by atoms with Crippen LogP contribution in [0.15, 0.2) is 48.5 Å². The molecular formula is C22H25N2O5+. The smallest absolute Gasteiger partial charge is 0.268 e. The molecule has 0 spiro atoms. The van der Waals surface area contributed by atoms with Crippen molar-refractivity contribution in [3.05, 3.63) is 59.7 Å². The number of carbonyl (C=O) groups is 2. The molecule has 0 saturated carbocycles. The third-order valence-electron chi connectivity index (χ3n) is 5.65. The lowest BCUT2D eigenvalue weighted by atomic mass is 9.88. The van der Waals surface area contributed by atoms with Gasteiger partial charge in [-0.2, -0.15) is 0 Å². The zero-order chi connectivity index (χ0) is 20.4. The predicted octanol–water partition coefficient (Wildman–Crippen LogP) is 0.375. The van der Waals surface area contributed by atoms with Crippen molar-refractivity contribution >= 4 is 17.4 Å². The van der Waals surface area contributed by atoms with Gasteiger partial charge >= 0.3 is 0 Å². The largest absolute Gasteiger partial charge is 0.497 e. The van der Waals surface area contributed by atoms with E-state index in [-0.39, 0.29) is 12.2 Å². The lowest BCUT2D eigenvalue weighted by Gasteiger charge is -2.29. The first-order chi connectivity index (χ1) is 14.0. The molecule has 29 heavy (non-hydrogen) atoms. The van der Waals surface area contributed by atoms with E-state index in [1.165, 1.54) is 4.90 Å². The molecule has 2 aromatic rings. The number of amides is 1. The minimum absolute atomic E-state index is 0.293. The first-order valence-corrected chi connectivity index (χ1v) is 9.75. The number of ketones is 1. The first kappa shape index (κ1) is 19.6. The number of rotatable bonds is 6. The molecule has 1 amide bonds. The van der Waals surface area contributed by atoms with Crippen LogP contribution in [0.5, 0.6) is 5.75 Å². The van der Waals surface area contributed by atoms with E-state index in [1.807, 2.05) is 12.1 Å². The number of hydrogen-bond acceptors (Lipinski definition) is 5. The Labute approximate surface area is 169 Å². The minimum atomic E-state index is -1.86. The van der Waals surface area contributed by atoms with Crippen LogP contribution < -0.4 is 14.5 Å². The fourth-order valence-electron chi connectivity index (χ4n) is 3.99. The Morgan fingerprint density at radius 2 is 1.86 bits per heavy atom. The number of Topliss-reactive ketones (excluding diaryl/α,β-unsaturated/α-hetero) is 1. The number of hydrogen-bond donors (Lipinski definition) is 2. The number of fused-ring (bicyclic) bond motifs is 1. The number of quaternary nitrogens is 1. The van der Waals surface area contributed by atoms with Gasteiger partial charge < -0.3 is 19.5 Å². The summed E-state index contributed by atoms with van der Waals surface area (Å²) in [6.45, 7) is 3.35. The molecule has 0 aliphatic carbocycles. The van der Waals surface area contributed by atoms with Crippen molar-refractivity contribution in [2.45, 2.75) is 12.0 Å². The summed E-state index contributed by atoms with van der Waals surface area (Å²) in [5.41, 5.74) is -0.276. The van der Waals surface area contributed by atoms with Crippen molar-refractivity contribution in [3.8, 4) is 5.75 Å². The van der Waals surface area contributed by atoms with Crippen molar-refractivity contribution in [2.24, 2.45) is 0 Å². The van der Waals surface area contributed by atoms with Crippen LogP contribution in [-0.2, 0) is 15.1 Å². The average molecular weight is 397 g/mol. The third-order valence-corrected chi connectivity index (χ3v) is 5.65. The molecule has 2 N–H and O–H groups in total. The van der Waals surface area contributed by atoms with E-state index < -0.39 is 11.5 Å². The van der Waals surface area contributed by atoms with Crippen molar-refractivity contribution in [1.29, 1.82) is 0 Å². The number of aliphatic hydroxyl groups is 1. The monoisotopic (exact) mass is 397 g/mol. The standard InChI is InChI=1S/C22H24N2O5/c1-28-17-8-6-16(7-9-17)20(25)14-22(27)18-4-2-3-5-19(18)24(21(22)26)15-23-10-12-29-13-11-23/h2-9,27H,10-15H2,1H3/p+1. The maximum absolute atomic E-state index is 13.3. The zero-order valence-corrected chi connectivity index (χ0v) is 16.4. The fraction of sp³-hybridized carbons (Fsp3) is 0.364. The normalized spacial score (nSPS) is 21.9. The SMILES string of the molecule is COc1ccc(C(=O)CC2(O)C(=O)N(C[NH+]3CCOCC3)c3ccccc32)cc1. The number of nitrogens with zero attached hydrogens (tertiary/aromatic N) is 1. The molecule has 1 fully saturated rings. The molecule has 2 aromatic carbocycles. The molecule has 0 bridgehead atoms. The molecule has 7 heteroatoms. The summed E-state index contributed by atoms with van der Waals surface area (Å²) < 4.78 is 10.5. The zero-order valence-electron chi connectivity index (χ0n) is 16.4. The molecular weight excluding hydrogens is 372 g/mol. The number of carbonyl (C=O) groups excluding carboxylic acids is 2. The topological polar surface area (TPSA) is 80.5 Å². The molecule has 0 radical (unpaired) electrons. The van der Waals surface area contributed by atoms with Crippen molar-refractivity contribution in [1.82, 2.24) is 0 Å². The number of morpholine rings is 1. The van der Waals surface area contributed by atoms with Gasteiger partial charge in [-0.1, -0.05) is 18.2 Å². The van der Waals surface area contributed by atoms with Crippen molar-refractivity contribution in [3.63, 3.8) is 0 Å². The summed E-state index contributed by atoms with van der Waals surface area (Å²) in [6.07, 6.45) is -0.301. The number of anilines is 1. The second-order valence-electron chi connectivity index (χ2n) is 7.46. The second kappa shape index (κ2) is 7.94. The Balaban J connectivity index is 1.59. The minimum Gasteiger partial charge on any atom is -0.497 e. The van der Waals surface area contributed by atoms with E-state index in [0.717, 1.165) is 13.1 Å². The van der Waals surface area contributed by atoms with Crippen LogP contribution in [0.3, 0.4) is 0 Å². The molecule has 1 atom stereocenters. The molecule has 1 unspecified atom stereocenters. The Bertz CT molecular complexity index is 908. The van der Waals surface area contributed by atoms with E-state index >= 15 is 0 Å². The van der Waals surface area contributed by atoms with Crippen LogP contribution in [0.1, 0.15) is 22.3 Å². The van der Waals surface area contributed by atoms with Crippen LogP contribution in [0, 0.1) is 0 Å². The van der Waals surface area contributed by atoms with Crippen molar-refractivity contribution in [2.75, 3.05) is 45.0 Å². The number of nitrogens with one attached hydrogen (secondary N) is 1. The maximum atomic E-state index is 13.3. The van der Waals surface area contributed by atoms with Crippen molar-refractivity contribution < 1.29 is 29.1 Å². The first-order valence-electron chi connectivity index (χ1n) is 9.75. The highest BCUT2D eigenvalue weighted by atomic mass is 16.5. The summed E-state index contributed by atoms with van der Waals surface area (Å²) in [5, 5.41) is 11.4. The van der Waals surface area contributed by atoms with E-state index in [1.54, 1.807) is 48.4 Å². The van der Waals surface area contributed by atoms with Gasteiger partial charge in [-0.25, -0.2) is 0 Å². The van der Waals surface area contributed by atoms with Crippen LogP contribution in [-0.4, -0.2) is 56.9 Å². The van der Waals surface area contributed by atoms with Crippen LogP contribution in [0.25, 0.3) is 0 Å². The average Bonchev–Trinajstić information content (AvgIpc) is 2.96. The van der Waals surface area contributed by atoms with E-state index in [9.17, 15) is 14.7 Å². The highest BCUT2D eigenvalue weighted by molar-refractivity contribution is 6.10. The predicted molar refractivity (Wildman–Crippen MR) is 106 cm³/mol. The lowest BCUT2D eigenvalue weighted by Crippen LogP contribution is -3.15. The lowest BCUT2D eigenvalue weighted by molar-refractivity contribution is -0.906. The summed E-state index contributed by atoms with van der Waals surface area (Å²) in [7, 11) is 1.55. The van der Waals surface area contributed by atoms with Gasteiger partial charge in [0.2, 0.25) is 0 Å². The van der Waals surface area contributed by atoms with Gasteiger partial charge in [-0.3, -0.25) is 14.5 Å². The number of methoxy groups -OCH3 is 1. The number of ether oxygens (including phenoxy) is 2. The van der Waals surface area contributed by atoms with E-state index in [0.29, 0.717) is 42.4 Å². The highest BCUT2D eigenvalue weighted by Gasteiger charge is 2.51. The van der Waals surface area contributed by atoms with Crippen LogP contribution >= 0.6 is 0 Å². The van der Waals surface area contributed by atoms with Gasteiger partial charge in [0.05, 0.1) is 32.4 Å². The molecule has 152 valence electrons. The second-order valence-corrected chi connectivity index (χ2v) is 7.46. The summed E-state index contributed by atoms with van der Waals surface area (Å²) >= 11 is 0. The quantitative estimate of drug-likeness (QED) is 0.689. The van der Waals surface area contributed by atoms with E-state index in [4.69, 9.17) is 9.47 Å². The van der Waals surface area contributed by atoms with Gasteiger partial charge in [0, 0.05) is 11.1 Å². The maximum Gasteiger partial charge on any atom is 0.268 e. The Hall–Kier alpha value is -2.74. The Kier molecular flexibility index (Phi) is 5.36. The fourth-order valence-corrected chi connectivity index (χ4v) is 3.99. The van der Waals surface area contributed by atoms with Crippen LogP contribution in [0.2, 0.25) is 0 Å². The molecule has 2 aliphatic rings. The molecule has 0 aromatic heterocycles. The number of benzene rings is 2. The van der Waals surface area contributed by atoms with Gasteiger partial charge in [0.25, 0.3) is 5.91 Å². The van der Waals surface area contributed by atoms with Gasteiger partial charge in [0.1, 0.15) is 18.8 Å². The van der Waals surface area contributed by atoms with Gasteiger partial charge in [0.15, 0.2) is 18.1 Å². The van der Waals surface area contributed by atoms with Crippen LogP contribution in [0.4, 0.5) is 5.69 Å². The van der Waals surface area contributed by atoms with E-state index in [2.05, 4.69) is 0 Å². The Morgan fingerprint density at radius 1 is 1.17 bits per heavy atom. The van der Waals surface area contributed by atoms with Gasteiger partial charge in [-0.05, 0) is 30.3 Å². The summed E-state index contributed by atoms with van der Waals surface area (Å²) in [6, 6.07) is 13.8. The molecule has 4 rings (SSSR count). The highest BCUT2D eigenvalue weighted by Crippen LogP contribution is 2.42.